The fraction of sp³-hybridized carbons (Fsp3) is 0.250. The largest absolute Gasteiger partial charge is 0.490 e. The van der Waals surface area contributed by atoms with Gasteiger partial charge in [0.15, 0.2) is 0 Å². The summed E-state index contributed by atoms with van der Waals surface area (Å²) in [5.74, 6) is 0.494. The molecule has 2 aromatic carbocycles. The van der Waals surface area contributed by atoms with Crippen LogP contribution in [0.5, 0.6) is 5.75 Å². The first-order chi connectivity index (χ1) is 13.8. The highest BCUT2D eigenvalue weighted by Gasteiger charge is 2.31. The van der Waals surface area contributed by atoms with Gasteiger partial charge in [-0.1, -0.05) is 35.9 Å². The van der Waals surface area contributed by atoms with Crippen molar-refractivity contribution in [2.24, 2.45) is 0 Å². The van der Waals surface area contributed by atoms with Crippen LogP contribution in [0.3, 0.4) is 0 Å². The molecule has 0 atom stereocenters. The maximum atomic E-state index is 12.9. The summed E-state index contributed by atoms with van der Waals surface area (Å²) in [6, 6.07) is 11.2. The summed E-state index contributed by atoms with van der Waals surface area (Å²) in [5.41, 5.74) is 0.519. The molecule has 0 unspecified atom stereocenters. The SMILES string of the molecule is C=CCOc1ccc(C(=O)N2CCN(S(=O)(=O)c3cc(Cl)ccc3Cl)CC2)cc1. The van der Waals surface area contributed by atoms with E-state index in [-0.39, 0.29) is 42.0 Å². The van der Waals surface area contributed by atoms with Crippen molar-refractivity contribution >= 4 is 39.1 Å². The molecule has 1 amide bonds. The highest BCUT2D eigenvalue weighted by Crippen LogP contribution is 2.28. The Balaban J connectivity index is 1.66. The summed E-state index contributed by atoms with van der Waals surface area (Å²) >= 11 is 12.0. The molecule has 1 heterocycles. The Kier molecular flexibility index (Phi) is 6.85. The molecule has 1 fully saturated rings. The van der Waals surface area contributed by atoms with Gasteiger partial charge in [0.05, 0.1) is 5.02 Å². The molecule has 1 aliphatic rings. The van der Waals surface area contributed by atoms with Crippen LogP contribution in [0.15, 0.2) is 60.0 Å². The normalized spacial score (nSPS) is 15.2. The van der Waals surface area contributed by atoms with Crippen molar-refractivity contribution < 1.29 is 17.9 Å². The first-order valence-corrected chi connectivity index (χ1v) is 11.1. The number of rotatable bonds is 6. The fourth-order valence-corrected chi connectivity index (χ4v) is 5.14. The Labute approximate surface area is 180 Å². The number of nitrogens with zero attached hydrogens (tertiary/aromatic N) is 2. The highest BCUT2D eigenvalue weighted by molar-refractivity contribution is 7.89. The molecule has 2 aromatic rings. The van der Waals surface area contributed by atoms with Gasteiger partial charge in [0.2, 0.25) is 10.0 Å². The average Bonchev–Trinajstić information content (AvgIpc) is 2.74. The molecule has 0 saturated carbocycles. The van der Waals surface area contributed by atoms with Crippen LogP contribution in [-0.2, 0) is 10.0 Å². The van der Waals surface area contributed by atoms with E-state index in [2.05, 4.69) is 6.58 Å². The van der Waals surface area contributed by atoms with Crippen molar-refractivity contribution in [3.8, 4) is 5.75 Å². The predicted molar refractivity (Wildman–Crippen MR) is 113 cm³/mol. The van der Waals surface area contributed by atoms with Crippen molar-refractivity contribution in [2.45, 2.75) is 4.90 Å². The second-order valence-electron chi connectivity index (χ2n) is 6.40. The van der Waals surface area contributed by atoms with Crippen LogP contribution < -0.4 is 4.74 Å². The standard InChI is InChI=1S/C20H20Cl2N2O4S/c1-2-13-28-17-6-3-15(4-7-17)20(25)23-9-11-24(12-10-23)29(26,27)19-14-16(21)5-8-18(19)22/h2-8,14H,1,9-13H2. The number of benzene rings is 2. The number of hydrogen-bond donors (Lipinski definition) is 0. The molecule has 0 spiro atoms. The van der Waals surface area contributed by atoms with E-state index < -0.39 is 10.0 Å². The Morgan fingerprint density at radius 1 is 1.07 bits per heavy atom. The van der Waals surface area contributed by atoms with Gasteiger partial charge in [-0.25, -0.2) is 8.42 Å². The molecule has 29 heavy (non-hydrogen) atoms. The third kappa shape index (κ3) is 4.93. The molecular weight excluding hydrogens is 435 g/mol. The quantitative estimate of drug-likeness (QED) is 0.623. The lowest BCUT2D eigenvalue weighted by molar-refractivity contribution is 0.0698. The number of carbonyl (C=O) groups is 1. The monoisotopic (exact) mass is 454 g/mol. The minimum atomic E-state index is -3.79. The van der Waals surface area contributed by atoms with E-state index in [1.165, 1.54) is 22.5 Å². The van der Waals surface area contributed by atoms with Gasteiger partial charge >= 0.3 is 0 Å². The minimum absolute atomic E-state index is 0.0263. The number of piperazine rings is 1. The zero-order chi connectivity index (χ0) is 21.0. The smallest absolute Gasteiger partial charge is 0.253 e. The average molecular weight is 455 g/mol. The van der Waals surface area contributed by atoms with Crippen molar-refractivity contribution in [3.05, 3.63) is 70.7 Å². The Bertz CT molecular complexity index is 1000. The van der Waals surface area contributed by atoms with Gasteiger partial charge in [0, 0.05) is 36.8 Å². The van der Waals surface area contributed by atoms with Crippen LogP contribution in [0.4, 0.5) is 0 Å². The van der Waals surface area contributed by atoms with Crippen molar-refractivity contribution in [3.63, 3.8) is 0 Å². The number of ether oxygens (including phenoxy) is 1. The van der Waals surface area contributed by atoms with Crippen LogP contribution in [0.1, 0.15) is 10.4 Å². The summed E-state index contributed by atoms with van der Waals surface area (Å²) in [7, 11) is -3.79. The topological polar surface area (TPSA) is 66.9 Å². The molecule has 9 heteroatoms. The Hall–Kier alpha value is -2.06. The molecule has 0 aliphatic carbocycles. The maximum Gasteiger partial charge on any atom is 0.253 e. The number of sulfonamides is 1. The van der Waals surface area contributed by atoms with E-state index in [0.717, 1.165) is 0 Å². The summed E-state index contributed by atoms with van der Waals surface area (Å²) in [5, 5.41) is 0.411. The van der Waals surface area contributed by atoms with Crippen LogP contribution in [0.25, 0.3) is 0 Å². The van der Waals surface area contributed by atoms with Gasteiger partial charge < -0.3 is 9.64 Å². The Morgan fingerprint density at radius 2 is 1.72 bits per heavy atom. The molecule has 3 rings (SSSR count). The van der Waals surface area contributed by atoms with E-state index >= 15 is 0 Å². The van der Waals surface area contributed by atoms with Crippen molar-refractivity contribution in [1.29, 1.82) is 0 Å². The predicted octanol–water partition coefficient (Wildman–Crippen LogP) is 3.70. The first-order valence-electron chi connectivity index (χ1n) is 8.91. The second-order valence-corrected chi connectivity index (χ2v) is 9.15. The van der Waals surface area contributed by atoms with Gasteiger partial charge in [0.25, 0.3) is 5.91 Å². The molecule has 1 aliphatic heterocycles. The van der Waals surface area contributed by atoms with Crippen molar-refractivity contribution in [2.75, 3.05) is 32.8 Å². The lowest BCUT2D eigenvalue weighted by Gasteiger charge is -2.34. The van der Waals surface area contributed by atoms with Gasteiger partial charge in [-0.2, -0.15) is 4.31 Å². The first kappa shape index (κ1) is 21.6. The van der Waals surface area contributed by atoms with E-state index in [1.807, 2.05) is 0 Å². The van der Waals surface area contributed by atoms with Crippen LogP contribution in [-0.4, -0.2) is 56.3 Å². The lowest BCUT2D eigenvalue weighted by Crippen LogP contribution is -2.50. The van der Waals surface area contributed by atoms with E-state index in [9.17, 15) is 13.2 Å². The molecule has 154 valence electrons. The zero-order valence-electron chi connectivity index (χ0n) is 15.6. The Morgan fingerprint density at radius 3 is 2.34 bits per heavy atom. The van der Waals surface area contributed by atoms with Crippen LogP contribution in [0.2, 0.25) is 10.0 Å². The number of halogens is 2. The number of carbonyl (C=O) groups excluding carboxylic acids is 1. The van der Waals surface area contributed by atoms with Crippen LogP contribution >= 0.6 is 23.2 Å². The molecule has 0 radical (unpaired) electrons. The summed E-state index contributed by atoms with van der Waals surface area (Å²) < 4.78 is 32.5. The zero-order valence-corrected chi connectivity index (χ0v) is 17.9. The van der Waals surface area contributed by atoms with Crippen molar-refractivity contribution in [1.82, 2.24) is 9.21 Å². The summed E-state index contributed by atoms with van der Waals surface area (Å²) in [6.07, 6.45) is 1.64. The van der Waals surface area contributed by atoms with E-state index in [4.69, 9.17) is 27.9 Å². The molecule has 6 nitrogen and oxygen atoms in total. The second kappa shape index (κ2) is 9.17. The summed E-state index contributed by atoms with van der Waals surface area (Å²) in [6.45, 7) is 4.90. The number of hydrogen-bond acceptors (Lipinski definition) is 4. The summed E-state index contributed by atoms with van der Waals surface area (Å²) in [4.78, 5) is 14.3. The molecule has 1 saturated heterocycles. The molecule has 0 bridgehead atoms. The lowest BCUT2D eigenvalue weighted by atomic mass is 10.2. The molecule has 0 N–H and O–H groups in total. The molecular formula is C20H20Cl2N2O4S. The van der Waals surface area contributed by atoms with Crippen LogP contribution in [0, 0.1) is 0 Å². The van der Waals surface area contributed by atoms with Gasteiger partial charge in [0.1, 0.15) is 17.3 Å². The van der Waals surface area contributed by atoms with Gasteiger partial charge in [-0.3, -0.25) is 4.79 Å². The third-order valence-corrected chi connectivity index (χ3v) is 7.12. The van der Waals surface area contributed by atoms with Gasteiger partial charge in [-0.15, -0.1) is 0 Å². The highest BCUT2D eigenvalue weighted by atomic mass is 35.5. The minimum Gasteiger partial charge on any atom is -0.490 e. The van der Waals surface area contributed by atoms with E-state index in [1.54, 1.807) is 35.2 Å². The van der Waals surface area contributed by atoms with E-state index in [0.29, 0.717) is 22.9 Å². The van der Waals surface area contributed by atoms with Gasteiger partial charge in [-0.05, 0) is 42.5 Å². The maximum absolute atomic E-state index is 12.9. The third-order valence-electron chi connectivity index (χ3n) is 4.51. The molecule has 0 aromatic heterocycles. The fourth-order valence-electron chi connectivity index (χ4n) is 2.98. The number of amides is 1.